The summed E-state index contributed by atoms with van der Waals surface area (Å²) in [5, 5.41) is 12.2. The van der Waals surface area contributed by atoms with Crippen molar-refractivity contribution < 1.29 is 14.6 Å². The summed E-state index contributed by atoms with van der Waals surface area (Å²) in [4.78, 5) is 18.9. The number of amides is 1. The Hall–Kier alpha value is -2.60. The second-order valence-electron chi connectivity index (χ2n) is 6.74. The summed E-state index contributed by atoms with van der Waals surface area (Å²) in [5.74, 6) is 0.979. The lowest BCUT2D eigenvalue weighted by Crippen LogP contribution is -2.45. The predicted octanol–water partition coefficient (Wildman–Crippen LogP) is 2.37. The van der Waals surface area contributed by atoms with Crippen LogP contribution in [0, 0.1) is 0 Å². The van der Waals surface area contributed by atoms with E-state index in [9.17, 15) is 9.90 Å². The highest BCUT2D eigenvalue weighted by Gasteiger charge is 2.23. The molecule has 2 atom stereocenters. The van der Waals surface area contributed by atoms with Crippen molar-refractivity contribution in [3.05, 3.63) is 53.7 Å². The molecule has 0 radical (unpaired) electrons. The number of phenols is 1. The maximum atomic E-state index is 12.3. The number of hydrogen-bond acceptors (Lipinski definition) is 5. The zero-order chi connectivity index (χ0) is 18.5. The highest BCUT2D eigenvalue weighted by molar-refractivity contribution is 5.94. The van der Waals surface area contributed by atoms with Crippen LogP contribution in [0.3, 0.4) is 0 Å². The van der Waals surface area contributed by atoms with Gasteiger partial charge in [-0.05, 0) is 50.1 Å². The van der Waals surface area contributed by atoms with E-state index >= 15 is 0 Å². The van der Waals surface area contributed by atoms with Gasteiger partial charge in [0.25, 0.3) is 5.91 Å². The minimum Gasteiger partial charge on any atom is -0.508 e. The summed E-state index contributed by atoms with van der Waals surface area (Å²) in [6, 6.07) is 10.7. The summed E-state index contributed by atoms with van der Waals surface area (Å²) in [7, 11) is 0. The third-order valence-electron chi connectivity index (χ3n) is 4.39. The monoisotopic (exact) mass is 355 g/mol. The molecule has 6 heteroatoms. The van der Waals surface area contributed by atoms with Gasteiger partial charge in [-0.3, -0.25) is 4.79 Å². The Bertz CT molecular complexity index is 721. The van der Waals surface area contributed by atoms with Crippen molar-refractivity contribution in [2.75, 3.05) is 24.5 Å². The van der Waals surface area contributed by atoms with Crippen LogP contribution in [0.5, 0.6) is 5.75 Å². The Morgan fingerprint density at radius 3 is 2.50 bits per heavy atom. The van der Waals surface area contributed by atoms with Gasteiger partial charge < -0.3 is 20.1 Å². The molecule has 1 aliphatic heterocycles. The number of nitrogens with zero attached hydrogens (tertiary/aromatic N) is 2. The smallest absolute Gasteiger partial charge is 0.252 e. The van der Waals surface area contributed by atoms with E-state index in [1.807, 2.05) is 24.3 Å². The predicted molar refractivity (Wildman–Crippen MR) is 101 cm³/mol. The van der Waals surface area contributed by atoms with Gasteiger partial charge in [-0.1, -0.05) is 12.1 Å². The fourth-order valence-electron chi connectivity index (χ4n) is 3.16. The first-order valence-corrected chi connectivity index (χ1v) is 8.94. The average molecular weight is 355 g/mol. The van der Waals surface area contributed by atoms with Crippen LogP contribution in [-0.2, 0) is 11.2 Å². The highest BCUT2D eigenvalue weighted by atomic mass is 16.5. The first kappa shape index (κ1) is 18.2. The molecule has 1 aromatic carbocycles. The quantitative estimate of drug-likeness (QED) is 0.861. The van der Waals surface area contributed by atoms with E-state index < -0.39 is 0 Å². The number of hydrogen-bond donors (Lipinski definition) is 2. The summed E-state index contributed by atoms with van der Waals surface area (Å²) in [5.41, 5.74) is 1.61. The van der Waals surface area contributed by atoms with E-state index in [0.29, 0.717) is 18.5 Å². The first-order valence-electron chi connectivity index (χ1n) is 8.94. The van der Waals surface area contributed by atoms with Crippen molar-refractivity contribution in [2.24, 2.45) is 0 Å². The molecule has 1 fully saturated rings. The molecule has 2 aromatic rings. The van der Waals surface area contributed by atoms with Crippen LogP contribution < -0.4 is 10.2 Å². The van der Waals surface area contributed by atoms with Crippen molar-refractivity contribution >= 4 is 11.7 Å². The van der Waals surface area contributed by atoms with Crippen molar-refractivity contribution in [2.45, 2.75) is 32.5 Å². The zero-order valence-corrected chi connectivity index (χ0v) is 15.2. The standard InChI is InChI=1S/C20H25N3O3/c1-14-12-23(13-15(2)26-14)19-8-5-17(11-22-19)20(25)21-10-9-16-3-6-18(24)7-4-16/h3-8,11,14-15,24H,9-10,12-13H2,1-2H3,(H,21,25)/t14-,15-/m1/s1. The lowest BCUT2D eigenvalue weighted by atomic mass is 10.1. The van der Waals surface area contributed by atoms with Crippen LogP contribution in [0.15, 0.2) is 42.6 Å². The number of anilines is 1. The molecule has 26 heavy (non-hydrogen) atoms. The average Bonchev–Trinajstić information content (AvgIpc) is 2.62. The van der Waals surface area contributed by atoms with Gasteiger partial charge in [-0.25, -0.2) is 4.98 Å². The van der Waals surface area contributed by atoms with Gasteiger partial charge in [0.2, 0.25) is 0 Å². The van der Waals surface area contributed by atoms with Crippen LogP contribution >= 0.6 is 0 Å². The van der Waals surface area contributed by atoms with Crippen molar-refractivity contribution in [3.63, 3.8) is 0 Å². The fourth-order valence-corrected chi connectivity index (χ4v) is 3.16. The molecule has 138 valence electrons. The number of aromatic nitrogens is 1. The van der Waals surface area contributed by atoms with Gasteiger partial charge in [-0.15, -0.1) is 0 Å². The van der Waals surface area contributed by atoms with Crippen molar-refractivity contribution in [1.29, 1.82) is 0 Å². The molecule has 3 rings (SSSR count). The summed E-state index contributed by atoms with van der Waals surface area (Å²) < 4.78 is 5.74. The number of carbonyl (C=O) groups is 1. The number of benzene rings is 1. The molecule has 2 heterocycles. The Morgan fingerprint density at radius 1 is 1.19 bits per heavy atom. The fraction of sp³-hybridized carbons (Fsp3) is 0.400. The maximum Gasteiger partial charge on any atom is 0.252 e. The van der Waals surface area contributed by atoms with E-state index in [4.69, 9.17) is 4.74 Å². The topological polar surface area (TPSA) is 74.7 Å². The summed E-state index contributed by atoms with van der Waals surface area (Å²) in [6.07, 6.45) is 2.67. The van der Waals surface area contributed by atoms with Gasteiger partial charge >= 0.3 is 0 Å². The molecule has 1 amide bonds. The second-order valence-corrected chi connectivity index (χ2v) is 6.74. The SMILES string of the molecule is C[C@@H]1CN(c2ccc(C(=O)NCCc3ccc(O)cc3)cn2)C[C@@H](C)O1. The van der Waals surface area contributed by atoms with Crippen LogP contribution in [0.25, 0.3) is 0 Å². The summed E-state index contributed by atoms with van der Waals surface area (Å²) >= 11 is 0. The van der Waals surface area contributed by atoms with Crippen molar-refractivity contribution in [1.82, 2.24) is 10.3 Å². The van der Waals surface area contributed by atoms with Crippen molar-refractivity contribution in [3.8, 4) is 5.75 Å². The Morgan fingerprint density at radius 2 is 1.88 bits per heavy atom. The van der Waals surface area contributed by atoms with Gasteiger partial charge in [0.1, 0.15) is 11.6 Å². The van der Waals surface area contributed by atoms with E-state index in [1.165, 1.54) is 0 Å². The molecule has 6 nitrogen and oxygen atoms in total. The zero-order valence-electron chi connectivity index (χ0n) is 15.2. The van der Waals surface area contributed by atoms with Crippen LogP contribution in [0.1, 0.15) is 29.8 Å². The molecule has 0 bridgehead atoms. The number of aromatic hydroxyl groups is 1. The number of phenolic OH excluding ortho intramolecular Hbond substituents is 1. The molecule has 1 saturated heterocycles. The Kier molecular flexibility index (Phi) is 5.73. The number of nitrogens with one attached hydrogen (secondary N) is 1. The van der Waals surface area contributed by atoms with E-state index in [0.717, 1.165) is 24.5 Å². The lowest BCUT2D eigenvalue weighted by molar-refractivity contribution is -0.00546. The molecule has 0 saturated carbocycles. The molecule has 1 aromatic heterocycles. The molecule has 1 aliphatic rings. The summed E-state index contributed by atoms with van der Waals surface area (Å²) in [6.45, 7) is 6.24. The van der Waals surface area contributed by atoms with Gasteiger partial charge in [0.05, 0.1) is 17.8 Å². The molecule has 0 aliphatic carbocycles. The minimum absolute atomic E-state index is 0.133. The highest BCUT2D eigenvalue weighted by Crippen LogP contribution is 2.18. The number of carbonyl (C=O) groups excluding carboxylic acids is 1. The Balaban J connectivity index is 1.52. The lowest BCUT2D eigenvalue weighted by Gasteiger charge is -2.36. The number of pyridine rings is 1. The molecular weight excluding hydrogens is 330 g/mol. The van der Waals surface area contributed by atoms with Gasteiger partial charge in [-0.2, -0.15) is 0 Å². The largest absolute Gasteiger partial charge is 0.508 e. The van der Waals surface area contributed by atoms with E-state index in [1.54, 1.807) is 18.3 Å². The molecule has 0 unspecified atom stereocenters. The third-order valence-corrected chi connectivity index (χ3v) is 4.39. The third kappa shape index (κ3) is 4.73. The van der Waals surface area contributed by atoms with Crippen LogP contribution in [0.4, 0.5) is 5.82 Å². The second kappa shape index (κ2) is 8.19. The number of rotatable bonds is 5. The van der Waals surface area contributed by atoms with E-state index in [2.05, 4.69) is 29.0 Å². The first-order chi connectivity index (χ1) is 12.5. The van der Waals surface area contributed by atoms with Gasteiger partial charge in [0, 0.05) is 25.8 Å². The maximum absolute atomic E-state index is 12.3. The minimum atomic E-state index is -0.133. The normalized spacial score (nSPS) is 20.0. The molecular formula is C20H25N3O3. The van der Waals surface area contributed by atoms with E-state index in [-0.39, 0.29) is 23.9 Å². The molecule has 2 N–H and O–H groups in total. The number of morpholine rings is 1. The molecule has 0 spiro atoms. The Labute approximate surface area is 153 Å². The number of ether oxygens (including phenoxy) is 1. The van der Waals surface area contributed by atoms with Crippen LogP contribution in [-0.4, -0.2) is 47.8 Å². The van der Waals surface area contributed by atoms with Gasteiger partial charge in [0.15, 0.2) is 0 Å². The van der Waals surface area contributed by atoms with Crippen LogP contribution in [0.2, 0.25) is 0 Å².